The predicted octanol–water partition coefficient (Wildman–Crippen LogP) is -16.1. The van der Waals surface area contributed by atoms with Crippen LogP contribution in [0.2, 0.25) is 0 Å². The van der Waals surface area contributed by atoms with Gasteiger partial charge in [0, 0.05) is 0 Å². The first-order valence-corrected chi connectivity index (χ1v) is 3.75. The summed E-state index contributed by atoms with van der Waals surface area (Å²) in [7, 11) is 0. The molecule has 0 N–H and O–H groups in total. The molecule has 0 fully saturated rings. The molecular formula is C6NNa3O12. The molecule has 0 heterocycles. The fraction of sp³-hybridized carbons (Fsp3) is 0. The van der Waals surface area contributed by atoms with Crippen LogP contribution in [0, 0.1) is 0 Å². The molecule has 0 amide bonds. The first-order chi connectivity index (χ1) is 8.65. The van der Waals surface area contributed by atoms with Crippen LogP contribution in [-0.2, 0) is 43.3 Å². The Labute approximate surface area is 186 Å². The van der Waals surface area contributed by atoms with E-state index in [9.17, 15) is 44.1 Å². The second kappa shape index (κ2) is 14.4. The van der Waals surface area contributed by atoms with E-state index in [0.717, 1.165) is 0 Å². The summed E-state index contributed by atoms with van der Waals surface area (Å²) in [5.74, 6) is -14.5. The maximum atomic E-state index is 10.4. The van der Waals surface area contributed by atoms with Crippen LogP contribution >= 0.6 is 0 Å². The summed E-state index contributed by atoms with van der Waals surface area (Å²) >= 11 is 0. The second-order valence-corrected chi connectivity index (χ2v) is 2.22. The van der Waals surface area contributed by atoms with Crippen molar-refractivity contribution in [2.75, 3.05) is 0 Å². The van der Waals surface area contributed by atoms with Crippen LogP contribution < -0.4 is 104 Å². The van der Waals surface area contributed by atoms with Crippen molar-refractivity contribution in [3.8, 4) is 0 Å². The zero-order valence-corrected chi connectivity index (χ0v) is 17.3. The van der Waals surface area contributed by atoms with Crippen molar-refractivity contribution in [2.45, 2.75) is 0 Å². The van der Waals surface area contributed by atoms with Crippen LogP contribution in [0.3, 0.4) is 0 Å². The number of rotatable bonds is 3. The van der Waals surface area contributed by atoms with Gasteiger partial charge in [-0.25, -0.2) is 14.4 Å². The van der Waals surface area contributed by atoms with E-state index in [2.05, 4.69) is 14.5 Å². The molecular weight excluding hydrogens is 347 g/mol. The van der Waals surface area contributed by atoms with Gasteiger partial charge in [0.2, 0.25) is 5.39 Å². The summed E-state index contributed by atoms with van der Waals surface area (Å²) in [5, 5.41) is 28.7. The van der Waals surface area contributed by atoms with E-state index in [1.807, 2.05) is 0 Å². The zero-order chi connectivity index (χ0) is 15.2. The predicted molar refractivity (Wildman–Crippen MR) is 35.1 cm³/mol. The van der Waals surface area contributed by atoms with E-state index in [0.29, 0.717) is 0 Å². The smallest absolute Gasteiger partial charge is 0.539 e. The Morgan fingerprint density at radius 2 is 0.727 bits per heavy atom. The Bertz CT molecular complexity index is 397. The van der Waals surface area contributed by atoms with Gasteiger partial charge >= 0.3 is 107 Å². The summed E-state index contributed by atoms with van der Waals surface area (Å²) in [4.78, 5) is 71.3. The van der Waals surface area contributed by atoms with Gasteiger partial charge < -0.3 is 29.7 Å². The largest absolute Gasteiger partial charge is 1.00 e. The van der Waals surface area contributed by atoms with E-state index in [4.69, 9.17) is 0 Å². The number of hydrogen-bond donors (Lipinski definition) is 0. The van der Waals surface area contributed by atoms with Gasteiger partial charge in [0.15, 0.2) is 17.9 Å². The molecule has 0 aliphatic heterocycles. The molecule has 0 bridgehead atoms. The normalized spacial score (nSPS) is 8.05. The monoisotopic (exact) mass is 347 g/mol. The van der Waals surface area contributed by atoms with Gasteiger partial charge in [-0.05, 0) is 0 Å². The van der Waals surface area contributed by atoms with Crippen molar-refractivity contribution in [2.24, 2.45) is 0 Å². The molecule has 0 saturated carbocycles. The Kier molecular flexibility index (Phi) is 19.4. The van der Waals surface area contributed by atoms with Gasteiger partial charge in [0.25, 0.3) is 0 Å². The van der Waals surface area contributed by atoms with E-state index >= 15 is 0 Å². The van der Waals surface area contributed by atoms with E-state index in [1.54, 1.807) is 0 Å². The second-order valence-electron chi connectivity index (χ2n) is 2.22. The van der Waals surface area contributed by atoms with Crippen molar-refractivity contribution in [1.82, 2.24) is 5.39 Å². The molecule has 0 aromatic heterocycles. The molecule has 0 aromatic rings. The van der Waals surface area contributed by atoms with Crippen LogP contribution in [0.5, 0.6) is 0 Å². The first kappa shape index (κ1) is 29.7. The molecule has 16 heteroatoms. The van der Waals surface area contributed by atoms with Crippen LogP contribution in [0.15, 0.2) is 0 Å². The first-order valence-electron chi connectivity index (χ1n) is 3.75. The maximum absolute atomic E-state index is 10.4. The van der Waals surface area contributed by atoms with Crippen molar-refractivity contribution < 1.29 is 147 Å². The standard InChI is InChI=1S/C6H3NO12.3Na/c8-1(9)4(14)17-7(18-5(15)2(10)11)19-6(16)3(12)13;;;/h(H,8,9)(H,10,11)(H,12,13);;;/q;3*+1/p-3. The molecule has 104 valence electrons. The summed E-state index contributed by atoms with van der Waals surface area (Å²) in [6.07, 6.45) is 0. The van der Waals surface area contributed by atoms with Gasteiger partial charge in [-0.15, -0.1) is 0 Å². The fourth-order valence-corrected chi connectivity index (χ4v) is 0.371. The molecule has 0 atom stereocenters. The SMILES string of the molecule is O=C([O-])C(=O)ON(OC(=O)C(=O)[O-])OC(=O)C(=O)[O-].[Na+].[Na+].[Na+]. The molecule has 0 radical (unpaired) electrons. The molecule has 0 aliphatic rings. The number of nitrogens with zero attached hydrogens (tertiary/aromatic N) is 1. The van der Waals surface area contributed by atoms with Crippen LogP contribution in [0.1, 0.15) is 0 Å². The summed E-state index contributed by atoms with van der Waals surface area (Å²) in [6, 6.07) is 0. The number of carbonyl (C=O) groups is 6. The summed E-state index contributed by atoms with van der Waals surface area (Å²) in [6.45, 7) is 0. The van der Waals surface area contributed by atoms with Crippen LogP contribution in [0.25, 0.3) is 0 Å². The molecule has 13 nitrogen and oxygen atoms in total. The van der Waals surface area contributed by atoms with E-state index in [-0.39, 0.29) is 88.7 Å². The zero-order valence-electron chi connectivity index (χ0n) is 11.3. The topological polar surface area (TPSA) is 203 Å². The fourth-order valence-electron chi connectivity index (χ4n) is 0.371. The Morgan fingerprint density at radius 1 is 0.545 bits per heavy atom. The molecule has 0 unspecified atom stereocenters. The summed E-state index contributed by atoms with van der Waals surface area (Å²) in [5.41, 5.74) is 0. The van der Waals surface area contributed by atoms with Gasteiger partial charge in [0.05, 0.1) is 0 Å². The van der Waals surface area contributed by atoms with Crippen LogP contribution in [-0.4, -0.2) is 41.2 Å². The van der Waals surface area contributed by atoms with Crippen molar-refractivity contribution in [1.29, 1.82) is 0 Å². The minimum absolute atomic E-state index is 0. The van der Waals surface area contributed by atoms with E-state index < -0.39 is 41.2 Å². The van der Waals surface area contributed by atoms with Gasteiger partial charge in [-0.1, -0.05) is 0 Å². The third-order valence-corrected chi connectivity index (χ3v) is 0.972. The third kappa shape index (κ3) is 12.3. The van der Waals surface area contributed by atoms with Crippen LogP contribution in [0.4, 0.5) is 0 Å². The Morgan fingerprint density at radius 3 is 0.864 bits per heavy atom. The van der Waals surface area contributed by atoms with Crippen molar-refractivity contribution in [3.05, 3.63) is 0 Å². The van der Waals surface area contributed by atoms with Crippen molar-refractivity contribution in [3.63, 3.8) is 0 Å². The number of carbonyl (C=O) groups excluding carboxylic acids is 6. The van der Waals surface area contributed by atoms with Gasteiger partial charge in [-0.2, -0.15) is 0 Å². The van der Waals surface area contributed by atoms with Gasteiger partial charge in [-0.3, -0.25) is 14.5 Å². The maximum Gasteiger partial charge on any atom is 1.00 e. The Hall–Kier alpha value is -0.220. The third-order valence-electron chi connectivity index (χ3n) is 0.972. The number of aliphatic carboxylic acids is 3. The number of carboxylic acid groups (broad SMARTS) is 3. The number of hydrogen-bond acceptors (Lipinski definition) is 13. The quantitative estimate of drug-likeness (QED) is 0.264. The Balaban J connectivity index is -0.000000540. The number of carboxylic acids is 3. The van der Waals surface area contributed by atoms with E-state index in [1.165, 1.54) is 0 Å². The average Bonchev–Trinajstić information content (AvgIpc) is 2.27. The molecule has 0 saturated heterocycles. The minimum Gasteiger partial charge on any atom is -0.539 e. The van der Waals surface area contributed by atoms with Gasteiger partial charge in [0.1, 0.15) is 0 Å². The molecule has 0 aliphatic carbocycles. The molecule has 0 spiro atoms. The van der Waals surface area contributed by atoms with Crippen molar-refractivity contribution >= 4 is 35.8 Å². The average molecular weight is 347 g/mol. The molecule has 0 aromatic carbocycles. The summed E-state index contributed by atoms with van der Waals surface area (Å²) < 4.78 is 0. The molecule has 0 rings (SSSR count). The molecule has 22 heavy (non-hydrogen) atoms. The minimum atomic E-state index is -2.51.